The predicted molar refractivity (Wildman–Crippen MR) is 156 cm³/mol. The zero-order valence-electron chi connectivity index (χ0n) is 23.7. The van der Waals surface area contributed by atoms with Crippen molar-refractivity contribution in [2.45, 2.75) is 51.5 Å². The number of aliphatic carboxylic acids is 1. The summed E-state index contributed by atoms with van der Waals surface area (Å²) in [6.07, 6.45) is 4.24. The number of pyridine rings is 1. The lowest BCUT2D eigenvalue weighted by Crippen LogP contribution is -2.37. The van der Waals surface area contributed by atoms with Gasteiger partial charge >= 0.3 is 5.97 Å². The van der Waals surface area contributed by atoms with Crippen molar-refractivity contribution in [1.29, 1.82) is 0 Å². The normalized spacial score (nSPS) is 12.0. The number of hydrogen-bond acceptors (Lipinski definition) is 8. The molecule has 222 valence electrons. The van der Waals surface area contributed by atoms with Crippen molar-refractivity contribution in [3.8, 4) is 11.1 Å². The van der Waals surface area contributed by atoms with Crippen LogP contribution in [0.5, 0.6) is 0 Å². The third-order valence-corrected chi connectivity index (χ3v) is 6.75. The highest BCUT2D eigenvalue weighted by Crippen LogP contribution is 2.25. The van der Waals surface area contributed by atoms with E-state index in [0.29, 0.717) is 31.0 Å². The first kappa shape index (κ1) is 31.8. The van der Waals surface area contributed by atoms with Gasteiger partial charge in [0.1, 0.15) is 30.6 Å². The van der Waals surface area contributed by atoms with Crippen LogP contribution < -0.4 is 10.6 Å². The minimum atomic E-state index is -2.52. The van der Waals surface area contributed by atoms with Crippen molar-refractivity contribution in [1.82, 2.24) is 19.9 Å². The maximum absolute atomic E-state index is 12.5. The highest BCUT2D eigenvalue weighted by Gasteiger charge is 2.21. The molecule has 0 aliphatic rings. The second-order valence-electron chi connectivity index (χ2n) is 9.65. The van der Waals surface area contributed by atoms with Crippen molar-refractivity contribution in [3.63, 3.8) is 0 Å². The number of anilines is 2. The fourth-order valence-electron chi connectivity index (χ4n) is 4.52. The number of aromatic nitrogens is 3. The van der Waals surface area contributed by atoms with E-state index in [1.807, 2.05) is 37.4 Å². The number of nitrogens with zero attached hydrogens (tertiary/aromatic N) is 4. The summed E-state index contributed by atoms with van der Waals surface area (Å²) in [5, 5.41) is 16.2. The third kappa shape index (κ3) is 10.7. The zero-order chi connectivity index (χ0) is 29.5. The average molecular weight is 571 g/mol. The minimum absolute atomic E-state index is 0.144. The molecule has 41 heavy (non-hydrogen) atoms. The first-order chi connectivity index (χ1) is 19.9. The van der Waals surface area contributed by atoms with Gasteiger partial charge in [0.05, 0.1) is 6.61 Å². The summed E-state index contributed by atoms with van der Waals surface area (Å²) >= 11 is 0. The molecule has 1 atom stereocenters. The Balaban J connectivity index is 1.59. The maximum atomic E-state index is 12.5. The topological polar surface area (TPSA) is 112 Å². The van der Waals surface area contributed by atoms with E-state index in [0.717, 1.165) is 42.8 Å². The Morgan fingerprint density at radius 2 is 1.88 bits per heavy atom. The van der Waals surface area contributed by atoms with Crippen molar-refractivity contribution in [3.05, 3.63) is 66.2 Å². The molecule has 0 spiro atoms. The van der Waals surface area contributed by atoms with Gasteiger partial charge in [0, 0.05) is 37.6 Å². The lowest BCUT2D eigenvalue weighted by Gasteiger charge is -2.25. The largest absolute Gasteiger partial charge is 0.480 e. The number of halogens is 2. The summed E-state index contributed by atoms with van der Waals surface area (Å²) in [4.78, 5) is 27.3. The number of carboxylic acid groups (broad SMARTS) is 1. The van der Waals surface area contributed by atoms with Crippen LogP contribution in [0.15, 0.2) is 55.0 Å². The van der Waals surface area contributed by atoms with Gasteiger partial charge in [-0.2, -0.15) is 0 Å². The summed E-state index contributed by atoms with van der Waals surface area (Å²) < 4.78 is 30.2. The molecule has 11 heteroatoms. The molecule has 0 radical (unpaired) electrons. The van der Waals surface area contributed by atoms with Gasteiger partial charge in [0.2, 0.25) is 0 Å². The highest BCUT2D eigenvalue weighted by atomic mass is 19.3. The summed E-state index contributed by atoms with van der Waals surface area (Å²) in [7, 11) is 1.87. The Bertz CT molecular complexity index is 1200. The van der Waals surface area contributed by atoms with E-state index in [-0.39, 0.29) is 13.0 Å². The number of nitrogens with one attached hydrogen (secondary N) is 2. The lowest BCUT2D eigenvalue weighted by atomic mass is 10.1. The number of carbonyl (C=O) groups is 1. The van der Waals surface area contributed by atoms with Crippen molar-refractivity contribution in [2.24, 2.45) is 0 Å². The number of carboxylic acids is 1. The Morgan fingerprint density at radius 3 is 2.59 bits per heavy atom. The van der Waals surface area contributed by atoms with Gasteiger partial charge in [-0.15, -0.1) is 0 Å². The number of hydrogen-bond donors (Lipinski definition) is 3. The molecule has 3 rings (SSSR count). The molecular weight excluding hydrogens is 530 g/mol. The first-order valence-corrected chi connectivity index (χ1v) is 14.0. The molecule has 9 nitrogen and oxygen atoms in total. The fraction of sp³-hybridized carbons (Fsp3) is 0.467. The Labute approximate surface area is 240 Å². The van der Waals surface area contributed by atoms with Gasteiger partial charge in [0.15, 0.2) is 0 Å². The van der Waals surface area contributed by atoms with E-state index >= 15 is 0 Å². The SMILES string of the molecule is CCc1ccc(CCCCN(CCOCC(F)F)CCC(Nc2ncncc2-c2ccccc2)C(=O)O)nc1NC. The van der Waals surface area contributed by atoms with Crippen LogP contribution in [0.3, 0.4) is 0 Å². The Morgan fingerprint density at radius 1 is 1.07 bits per heavy atom. The van der Waals surface area contributed by atoms with E-state index in [1.54, 1.807) is 6.20 Å². The molecule has 0 fully saturated rings. The molecule has 3 N–H and O–H groups in total. The molecule has 0 bridgehead atoms. The van der Waals surface area contributed by atoms with Crippen molar-refractivity contribution >= 4 is 17.6 Å². The molecule has 1 aromatic carbocycles. The molecule has 0 aliphatic carbocycles. The number of unbranched alkanes of at least 4 members (excludes halogenated alkanes) is 1. The predicted octanol–water partition coefficient (Wildman–Crippen LogP) is 5.00. The van der Waals surface area contributed by atoms with E-state index < -0.39 is 25.0 Å². The van der Waals surface area contributed by atoms with Crippen molar-refractivity contribution in [2.75, 3.05) is 50.5 Å². The van der Waals surface area contributed by atoms with Crippen LogP contribution in [0.2, 0.25) is 0 Å². The van der Waals surface area contributed by atoms with Crippen LogP contribution in [0, 0.1) is 0 Å². The van der Waals surface area contributed by atoms with Crippen molar-refractivity contribution < 1.29 is 23.4 Å². The number of rotatable bonds is 19. The molecule has 1 unspecified atom stereocenters. The molecule has 0 aliphatic heterocycles. The van der Waals surface area contributed by atoms with Gasteiger partial charge in [-0.05, 0) is 55.8 Å². The summed E-state index contributed by atoms with van der Waals surface area (Å²) in [5.41, 5.74) is 3.76. The highest BCUT2D eigenvalue weighted by molar-refractivity contribution is 5.81. The van der Waals surface area contributed by atoms with Gasteiger partial charge in [0.25, 0.3) is 6.43 Å². The Hall–Kier alpha value is -3.70. The van der Waals surface area contributed by atoms with Crippen LogP contribution in [-0.2, 0) is 22.4 Å². The standard InChI is InChI=1S/C30H40F2N6O3/c1-3-22-12-13-24(36-28(22)33-2)11-7-8-15-38(17-18-41-20-27(31)32)16-14-26(30(39)40)37-29-25(19-34-21-35-29)23-9-5-4-6-10-23/h4-6,9-10,12-13,19,21,26-27H,3,7-8,11,14-18,20H2,1-2H3,(H,33,36)(H,39,40)(H,34,35,37). The van der Waals surface area contributed by atoms with Crippen LogP contribution in [0.4, 0.5) is 20.4 Å². The maximum Gasteiger partial charge on any atom is 0.326 e. The van der Waals surface area contributed by atoms with Crippen LogP contribution in [0.1, 0.15) is 37.4 Å². The summed E-state index contributed by atoms with van der Waals surface area (Å²) in [6.45, 7) is 3.17. The molecular formula is C30H40F2N6O3. The van der Waals surface area contributed by atoms with Gasteiger partial charge in [-0.25, -0.2) is 28.5 Å². The number of ether oxygens (including phenoxy) is 1. The second-order valence-corrected chi connectivity index (χ2v) is 9.65. The third-order valence-electron chi connectivity index (χ3n) is 6.75. The number of benzene rings is 1. The van der Waals surface area contributed by atoms with Gasteiger partial charge < -0.3 is 25.4 Å². The van der Waals surface area contributed by atoms with Gasteiger partial charge in [-0.1, -0.05) is 43.3 Å². The molecule has 2 aromatic heterocycles. The van der Waals surface area contributed by atoms with E-state index in [9.17, 15) is 18.7 Å². The molecule has 2 heterocycles. The quantitative estimate of drug-likeness (QED) is 0.171. The number of aryl methyl sites for hydroxylation is 2. The van der Waals surface area contributed by atoms with E-state index in [2.05, 4.69) is 44.6 Å². The fourth-order valence-corrected chi connectivity index (χ4v) is 4.52. The lowest BCUT2D eigenvalue weighted by molar-refractivity contribution is -0.138. The summed E-state index contributed by atoms with van der Waals surface area (Å²) in [5.74, 6) is 0.334. The Kier molecular flexibility index (Phi) is 13.3. The zero-order valence-corrected chi connectivity index (χ0v) is 23.7. The monoisotopic (exact) mass is 570 g/mol. The first-order valence-electron chi connectivity index (χ1n) is 14.0. The van der Waals surface area contributed by atoms with Crippen LogP contribution in [-0.4, -0.2) is 83.3 Å². The molecule has 3 aromatic rings. The second kappa shape index (κ2) is 17.2. The molecule has 0 saturated carbocycles. The van der Waals surface area contributed by atoms with Gasteiger partial charge in [-0.3, -0.25) is 0 Å². The summed E-state index contributed by atoms with van der Waals surface area (Å²) in [6, 6.07) is 12.8. The van der Waals surface area contributed by atoms with Crippen LogP contribution >= 0.6 is 0 Å². The molecule has 0 saturated heterocycles. The van der Waals surface area contributed by atoms with E-state index in [1.165, 1.54) is 11.9 Å². The smallest absolute Gasteiger partial charge is 0.326 e. The van der Waals surface area contributed by atoms with E-state index in [4.69, 9.17) is 9.72 Å². The number of alkyl halides is 2. The minimum Gasteiger partial charge on any atom is -0.480 e. The molecule has 0 amide bonds. The average Bonchev–Trinajstić information content (AvgIpc) is 2.99. The van der Waals surface area contributed by atoms with Crippen LogP contribution in [0.25, 0.3) is 11.1 Å².